The first-order valence-electron chi connectivity index (χ1n) is 5.76. The Balaban J connectivity index is 2.20. The standard InChI is InChI=1S/C13H14F2N2S/c1-2-17-13(6-10-7-16-8-18-10)9-3-4-11(14)12(15)5-9/h3-5,7-8,13,17H,2,6H2,1H3. The molecular formula is C13H14F2N2S. The van der Waals surface area contributed by atoms with Gasteiger partial charge in [-0.25, -0.2) is 8.78 Å². The summed E-state index contributed by atoms with van der Waals surface area (Å²) in [5.41, 5.74) is 2.52. The molecule has 2 rings (SSSR count). The van der Waals surface area contributed by atoms with Gasteiger partial charge in [-0.15, -0.1) is 11.3 Å². The second-order valence-corrected chi connectivity index (χ2v) is 4.93. The van der Waals surface area contributed by atoms with E-state index in [0.717, 1.165) is 23.4 Å². The number of hydrogen-bond acceptors (Lipinski definition) is 3. The van der Waals surface area contributed by atoms with Gasteiger partial charge < -0.3 is 5.32 Å². The predicted molar refractivity (Wildman–Crippen MR) is 68.6 cm³/mol. The Bertz CT molecular complexity index is 500. The first kappa shape index (κ1) is 13.1. The molecule has 0 aliphatic rings. The highest BCUT2D eigenvalue weighted by Crippen LogP contribution is 2.22. The normalized spacial score (nSPS) is 12.6. The number of likely N-dealkylation sites (N-methyl/N-ethyl adjacent to an activating group) is 1. The maximum atomic E-state index is 13.2. The highest BCUT2D eigenvalue weighted by molar-refractivity contribution is 7.09. The molecule has 1 N–H and O–H groups in total. The van der Waals surface area contributed by atoms with Gasteiger partial charge in [-0.05, 0) is 24.2 Å². The molecule has 0 spiro atoms. The predicted octanol–water partition coefficient (Wildman–Crippen LogP) is 3.31. The zero-order valence-corrected chi connectivity index (χ0v) is 10.8. The van der Waals surface area contributed by atoms with E-state index in [4.69, 9.17) is 0 Å². The Morgan fingerprint density at radius 3 is 2.78 bits per heavy atom. The Labute approximate surface area is 109 Å². The highest BCUT2D eigenvalue weighted by atomic mass is 32.1. The molecular weight excluding hydrogens is 254 g/mol. The topological polar surface area (TPSA) is 24.9 Å². The minimum atomic E-state index is -0.813. The molecule has 1 atom stereocenters. The summed E-state index contributed by atoms with van der Waals surface area (Å²) < 4.78 is 26.2. The molecule has 0 saturated carbocycles. The van der Waals surface area contributed by atoms with Crippen molar-refractivity contribution in [1.82, 2.24) is 10.3 Å². The van der Waals surface area contributed by atoms with Crippen LogP contribution in [0.4, 0.5) is 8.78 Å². The van der Waals surface area contributed by atoms with Crippen molar-refractivity contribution in [3.05, 3.63) is 52.0 Å². The van der Waals surface area contributed by atoms with Crippen LogP contribution in [0.1, 0.15) is 23.4 Å². The number of benzene rings is 1. The number of nitrogens with zero attached hydrogens (tertiary/aromatic N) is 1. The molecule has 18 heavy (non-hydrogen) atoms. The average molecular weight is 268 g/mol. The molecule has 0 amide bonds. The van der Waals surface area contributed by atoms with Gasteiger partial charge in [-0.3, -0.25) is 4.98 Å². The van der Waals surface area contributed by atoms with Crippen molar-refractivity contribution in [1.29, 1.82) is 0 Å². The molecule has 1 heterocycles. The Morgan fingerprint density at radius 2 is 2.17 bits per heavy atom. The molecule has 0 radical (unpaired) electrons. The summed E-state index contributed by atoms with van der Waals surface area (Å²) in [4.78, 5) is 5.13. The SMILES string of the molecule is CCNC(Cc1cncs1)c1ccc(F)c(F)c1. The third kappa shape index (κ3) is 3.11. The quantitative estimate of drug-likeness (QED) is 0.900. The van der Waals surface area contributed by atoms with Crippen LogP contribution < -0.4 is 5.32 Å². The fourth-order valence-corrected chi connectivity index (χ4v) is 2.47. The van der Waals surface area contributed by atoms with Crippen molar-refractivity contribution in [2.45, 2.75) is 19.4 Å². The second kappa shape index (κ2) is 6.02. The molecule has 96 valence electrons. The van der Waals surface area contributed by atoms with Gasteiger partial charge in [0, 0.05) is 23.5 Å². The van der Waals surface area contributed by atoms with Gasteiger partial charge in [-0.2, -0.15) is 0 Å². The monoisotopic (exact) mass is 268 g/mol. The summed E-state index contributed by atoms with van der Waals surface area (Å²) in [6.07, 6.45) is 2.53. The van der Waals surface area contributed by atoms with Crippen molar-refractivity contribution >= 4 is 11.3 Å². The molecule has 0 saturated heterocycles. The van der Waals surface area contributed by atoms with Gasteiger partial charge in [0.05, 0.1) is 5.51 Å². The van der Waals surface area contributed by atoms with Crippen molar-refractivity contribution < 1.29 is 8.78 Å². The summed E-state index contributed by atoms with van der Waals surface area (Å²) in [6.45, 7) is 2.75. The van der Waals surface area contributed by atoms with Crippen LogP contribution in [0.3, 0.4) is 0 Å². The first-order chi connectivity index (χ1) is 8.70. The molecule has 0 bridgehead atoms. The summed E-state index contributed by atoms with van der Waals surface area (Å²) >= 11 is 1.56. The number of thiazole rings is 1. The van der Waals surface area contributed by atoms with Crippen LogP contribution in [0.2, 0.25) is 0 Å². The van der Waals surface area contributed by atoms with E-state index in [-0.39, 0.29) is 6.04 Å². The minimum Gasteiger partial charge on any atom is -0.310 e. The number of halogens is 2. The molecule has 0 aliphatic carbocycles. The van der Waals surface area contributed by atoms with E-state index in [1.807, 2.05) is 6.92 Å². The van der Waals surface area contributed by atoms with Crippen LogP contribution in [0.15, 0.2) is 29.9 Å². The maximum Gasteiger partial charge on any atom is 0.159 e. The third-order valence-corrected chi connectivity index (χ3v) is 3.49. The first-order valence-corrected chi connectivity index (χ1v) is 6.64. The van der Waals surface area contributed by atoms with Crippen molar-refractivity contribution in [3.8, 4) is 0 Å². The molecule has 1 aromatic heterocycles. The van der Waals surface area contributed by atoms with E-state index in [0.29, 0.717) is 0 Å². The molecule has 1 unspecified atom stereocenters. The number of hydrogen-bond donors (Lipinski definition) is 1. The fraction of sp³-hybridized carbons (Fsp3) is 0.308. The van der Waals surface area contributed by atoms with Gasteiger partial charge in [0.25, 0.3) is 0 Å². The van der Waals surface area contributed by atoms with E-state index < -0.39 is 11.6 Å². The number of nitrogens with one attached hydrogen (secondary N) is 1. The smallest absolute Gasteiger partial charge is 0.159 e. The van der Waals surface area contributed by atoms with E-state index in [1.165, 1.54) is 12.1 Å². The van der Waals surface area contributed by atoms with E-state index in [9.17, 15) is 8.78 Å². The van der Waals surface area contributed by atoms with Crippen LogP contribution in [0, 0.1) is 11.6 Å². The number of aromatic nitrogens is 1. The summed E-state index contributed by atoms with van der Waals surface area (Å²) in [5.74, 6) is -1.62. The van der Waals surface area contributed by atoms with Crippen LogP contribution >= 0.6 is 11.3 Å². The Kier molecular flexibility index (Phi) is 4.38. The lowest BCUT2D eigenvalue weighted by molar-refractivity contribution is 0.497. The minimum absolute atomic E-state index is 0.0226. The lowest BCUT2D eigenvalue weighted by atomic mass is 10.0. The maximum absolute atomic E-state index is 13.2. The van der Waals surface area contributed by atoms with Crippen LogP contribution in [0.25, 0.3) is 0 Å². The second-order valence-electron chi connectivity index (χ2n) is 3.96. The van der Waals surface area contributed by atoms with E-state index in [2.05, 4.69) is 10.3 Å². The van der Waals surface area contributed by atoms with Crippen LogP contribution in [0.5, 0.6) is 0 Å². The van der Waals surface area contributed by atoms with Gasteiger partial charge in [0.2, 0.25) is 0 Å². The zero-order valence-electron chi connectivity index (χ0n) is 9.99. The molecule has 2 nitrogen and oxygen atoms in total. The Hall–Kier alpha value is -1.33. The molecule has 2 aromatic rings. The highest BCUT2D eigenvalue weighted by Gasteiger charge is 2.14. The van der Waals surface area contributed by atoms with Gasteiger partial charge >= 0.3 is 0 Å². The van der Waals surface area contributed by atoms with Gasteiger partial charge in [0.1, 0.15) is 0 Å². The van der Waals surface area contributed by atoms with E-state index in [1.54, 1.807) is 29.1 Å². The van der Waals surface area contributed by atoms with Crippen LogP contribution in [-0.2, 0) is 6.42 Å². The largest absolute Gasteiger partial charge is 0.310 e. The average Bonchev–Trinajstić information content (AvgIpc) is 2.85. The van der Waals surface area contributed by atoms with Crippen molar-refractivity contribution in [2.24, 2.45) is 0 Å². The van der Waals surface area contributed by atoms with E-state index >= 15 is 0 Å². The lowest BCUT2D eigenvalue weighted by Crippen LogP contribution is -2.22. The van der Waals surface area contributed by atoms with Crippen molar-refractivity contribution in [2.75, 3.05) is 6.54 Å². The number of rotatable bonds is 5. The van der Waals surface area contributed by atoms with Crippen molar-refractivity contribution in [3.63, 3.8) is 0 Å². The summed E-state index contributed by atoms with van der Waals surface area (Å²) in [5, 5.41) is 3.27. The Morgan fingerprint density at radius 1 is 1.33 bits per heavy atom. The molecule has 0 fully saturated rings. The summed E-state index contributed by atoms with van der Waals surface area (Å²) in [7, 11) is 0. The van der Waals surface area contributed by atoms with Crippen LogP contribution in [-0.4, -0.2) is 11.5 Å². The zero-order chi connectivity index (χ0) is 13.0. The fourth-order valence-electron chi connectivity index (χ4n) is 1.83. The molecule has 1 aromatic carbocycles. The molecule has 5 heteroatoms. The molecule has 0 aliphatic heterocycles. The third-order valence-electron chi connectivity index (χ3n) is 2.69. The van der Waals surface area contributed by atoms with Gasteiger partial charge in [0.15, 0.2) is 11.6 Å². The summed E-state index contributed by atoms with van der Waals surface area (Å²) in [6, 6.07) is 4.02. The lowest BCUT2D eigenvalue weighted by Gasteiger charge is -2.17. The van der Waals surface area contributed by atoms with Gasteiger partial charge in [-0.1, -0.05) is 13.0 Å².